The van der Waals surface area contributed by atoms with Gasteiger partial charge >= 0.3 is 0 Å². The van der Waals surface area contributed by atoms with Gasteiger partial charge in [-0.2, -0.15) is 0 Å². The van der Waals surface area contributed by atoms with E-state index in [1.165, 1.54) is 0 Å². The Labute approximate surface area is 86.3 Å². The number of hydrogen-bond acceptors (Lipinski definition) is 4. The number of ether oxygens (including phenoxy) is 1. The standard InChI is InChI=1S/C11H9NO3/c12-5-8-9(13)6-15-10-4-2-1-3-7(10)11(8)14/h1-5H,6,12H2. The molecule has 0 spiro atoms. The number of benzene rings is 1. The van der Waals surface area contributed by atoms with Crippen LogP contribution in [-0.2, 0) is 4.79 Å². The van der Waals surface area contributed by atoms with E-state index in [1.54, 1.807) is 24.3 Å². The van der Waals surface area contributed by atoms with Gasteiger partial charge in [0, 0.05) is 6.20 Å². The molecule has 1 aromatic carbocycles. The number of fused-ring (bicyclic) bond motifs is 1. The Bertz CT molecular complexity index is 463. The lowest BCUT2D eigenvalue weighted by molar-refractivity contribution is -0.117. The van der Waals surface area contributed by atoms with Crippen LogP contribution in [0.5, 0.6) is 5.75 Å². The van der Waals surface area contributed by atoms with E-state index in [1.807, 2.05) is 0 Å². The van der Waals surface area contributed by atoms with Crippen molar-refractivity contribution in [3.63, 3.8) is 0 Å². The monoisotopic (exact) mass is 203 g/mol. The summed E-state index contributed by atoms with van der Waals surface area (Å²) < 4.78 is 5.20. The van der Waals surface area contributed by atoms with Crippen LogP contribution in [0.2, 0.25) is 0 Å². The topological polar surface area (TPSA) is 69.4 Å². The number of nitrogens with two attached hydrogens (primary N) is 1. The molecular formula is C11H9NO3. The van der Waals surface area contributed by atoms with Crippen LogP contribution in [0.15, 0.2) is 36.0 Å². The molecule has 4 heteroatoms. The van der Waals surface area contributed by atoms with Gasteiger partial charge in [0.25, 0.3) is 0 Å². The predicted molar refractivity (Wildman–Crippen MR) is 53.5 cm³/mol. The smallest absolute Gasteiger partial charge is 0.205 e. The van der Waals surface area contributed by atoms with Gasteiger partial charge in [-0.3, -0.25) is 9.59 Å². The van der Waals surface area contributed by atoms with Gasteiger partial charge in [-0.05, 0) is 12.1 Å². The molecule has 0 unspecified atom stereocenters. The molecule has 0 aliphatic carbocycles. The molecule has 0 saturated heterocycles. The van der Waals surface area contributed by atoms with E-state index >= 15 is 0 Å². The van der Waals surface area contributed by atoms with E-state index in [9.17, 15) is 9.59 Å². The molecule has 0 atom stereocenters. The third-order valence-electron chi connectivity index (χ3n) is 2.20. The number of Topliss-reactive ketones (excluding diaryl/α,β-unsaturated/α-hetero) is 2. The van der Waals surface area contributed by atoms with Crippen molar-refractivity contribution in [3.8, 4) is 5.75 Å². The van der Waals surface area contributed by atoms with E-state index in [0.29, 0.717) is 11.3 Å². The molecule has 1 aliphatic heterocycles. The van der Waals surface area contributed by atoms with Crippen molar-refractivity contribution in [3.05, 3.63) is 41.6 Å². The maximum Gasteiger partial charge on any atom is 0.205 e. The third kappa shape index (κ3) is 1.50. The molecule has 0 radical (unpaired) electrons. The van der Waals surface area contributed by atoms with Crippen molar-refractivity contribution in [1.82, 2.24) is 0 Å². The molecule has 0 aromatic heterocycles. The summed E-state index contributed by atoms with van der Waals surface area (Å²) in [5, 5.41) is 0. The molecule has 1 aliphatic rings. The first-order valence-corrected chi connectivity index (χ1v) is 4.45. The maximum atomic E-state index is 11.8. The van der Waals surface area contributed by atoms with Crippen LogP contribution in [-0.4, -0.2) is 18.2 Å². The lowest BCUT2D eigenvalue weighted by Crippen LogP contribution is -2.16. The summed E-state index contributed by atoms with van der Waals surface area (Å²) in [6.45, 7) is -0.147. The average molecular weight is 203 g/mol. The van der Waals surface area contributed by atoms with Gasteiger partial charge < -0.3 is 10.5 Å². The normalized spacial score (nSPS) is 18.3. The fourth-order valence-corrected chi connectivity index (χ4v) is 1.44. The van der Waals surface area contributed by atoms with Crippen molar-refractivity contribution in [2.75, 3.05) is 6.61 Å². The lowest BCUT2D eigenvalue weighted by atomic mass is 10.0. The molecule has 2 rings (SSSR count). The van der Waals surface area contributed by atoms with Crippen LogP contribution < -0.4 is 10.5 Å². The van der Waals surface area contributed by atoms with Gasteiger partial charge in [0.05, 0.1) is 11.1 Å². The Kier molecular flexibility index (Phi) is 2.25. The van der Waals surface area contributed by atoms with Gasteiger partial charge in [-0.15, -0.1) is 0 Å². The Morgan fingerprint density at radius 1 is 1.27 bits per heavy atom. The molecule has 4 nitrogen and oxygen atoms in total. The fraction of sp³-hybridized carbons (Fsp3) is 0.0909. The van der Waals surface area contributed by atoms with Crippen LogP contribution in [0.25, 0.3) is 0 Å². The summed E-state index contributed by atoms with van der Waals surface area (Å²) in [5.41, 5.74) is 5.61. The average Bonchev–Trinajstić information content (AvgIpc) is 2.38. The van der Waals surface area contributed by atoms with Crippen LogP contribution in [0.3, 0.4) is 0 Å². The van der Waals surface area contributed by atoms with Crippen LogP contribution in [0, 0.1) is 0 Å². The van der Waals surface area contributed by atoms with E-state index in [-0.39, 0.29) is 18.0 Å². The molecular weight excluding hydrogens is 194 g/mol. The molecule has 2 N–H and O–H groups in total. The number of carbonyl (C=O) groups is 2. The quantitative estimate of drug-likeness (QED) is 0.497. The molecule has 0 bridgehead atoms. The van der Waals surface area contributed by atoms with Crippen molar-refractivity contribution >= 4 is 11.6 Å². The second-order valence-electron chi connectivity index (χ2n) is 3.12. The predicted octanol–water partition coefficient (Wildman–Crippen LogP) is 0.673. The Morgan fingerprint density at radius 3 is 2.73 bits per heavy atom. The van der Waals surface area contributed by atoms with Crippen molar-refractivity contribution in [2.24, 2.45) is 5.73 Å². The number of carbonyl (C=O) groups excluding carboxylic acids is 2. The molecule has 0 fully saturated rings. The Morgan fingerprint density at radius 2 is 2.00 bits per heavy atom. The molecule has 76 valence electrons. The zero-order valence-electron chi connectivity index (χ0n) is 7.90. The third-order valence-corrected chi connectivity index (χ3v) is 2.20. The Hall–Kier alpha value is -2.10. The number of para-hydroxylation sites is 1. The van der Waals surface area contributed by atoms with Crippen LogP contribution in [0.4, 0.5) is 0 Å². The highest BCUT2D eigenvalue weighted by Gasteiger charge is 2.26. The first-order valence-electron chi connectivity index (χ1n) is 4.45. The largest absolute Gasteiger partial charge is 0.485 e. The van der Waals surface area contributed by atoms with E-state index < -0.39 is 5.78 Å². The summed E-state index contributed by atoms with van der Waals surface area (Å²) in [7, 11) is 0. The zero-order chi connectivity index (χ0) is 10.8. The highest BCUT2D eigenvalue weighted by Crippen LogP contribution is 2.24. The van der Waals surface area contributed by atoms with Gasteiger partial charge in [0.2, 0.25) is 11.6 Å². The summed E-state index contributed by atoms with van der Waals surface area (Å²) >= 11 is 0. The highest BCUT2D eigenvalue weighted by molar-refractivity contribution is 6.28. The summed E-state index contributed by atoms with van der Waals surface area (Å²) in [6.07, 6.45) is 1.04. The van der Waals surface area contributed by atoms with Gasteiger partial charge in [0.1, 0.15) is 5.75 Å². The fourth-order valence-electron chi connectivity index (χ4n) is 1.44. The second kappa shape index (κ2) is 3.57. The SMILES string of the molecule is NC=C1C(=O)COc2ccccc2C1=O. The molecule has 1 aromatic rings. The molecule has 0 amide bonds. The number of hydrogen-bond donors (Lipinski definition) is 1. The van der Waals surface area contributed by atoms with Gasteiger partial charge in [-0.25, -0.2) is 0 Å². The van der Waals surface area contributed by atoms with Crippen LogP contribution in [0.1, 0.15) is 10.4 Å². The summed E-state index contributed by atoms with van der Waals surface area (Å²) in [4.78, 5) is 23.3. The first kappa shape index (κ1) is 9.45. The zero-order valence-corrected chi connectivity index (χ0v) is 7.90. The first-order chi connectivity index (χ1) is 7.24. The van der Waals surface area contributed by atoms with Gasteiger partial charge in [-0.1, -0.05) is 12.1 Å². The maximum absolute atomic E-state index is 11.8. The number of ketones is 2. The minimum Gasteiger partial charge on any atom is -0.485 e. The molecule has 0 saturated carbocycles. The van der Waals surface area contributed by atoms with Crippen molar-refractivity contribution < 1.29 is 14.3 Å². The van der Waals surface area contributed by atoms with E-state index in [2.05, 4.69) is 0 Å². The minimum atomic E-state index is -0.390. The van der Waals surface area contributed by atoms with Crippen molar-refractivity contribution in [1.29, 1.82) is 0 Å². The lowest BCUT2D eigenvalue weighted by Gasteiger charge is -2.02. The molecule has 15 heavy (non-hydrogen) atoms. The Balaban J connectivity index is 2.57. The minimum absolute atomic E-state index is 0.0139. The van der Waals surface area contributed by atoms with Crippen LogP contribution >= 0.6 is 0 Å². The second-order valence-corrected chi connectivity index (χ2v) is 3.12. The highest BCUT2D eigenvalue weighted by atomic mass is 16.5. The number of rotatable bonds is 0. The summed E-state index contributed by atoms with van der Waals surface area (Å²) in [6, 6.07) is 6.72. The van der Waals surface area contributed by atoms with Crippen molar-refractivity contribution in [2.45, 2.75) is 0 Å². The van der Waals surface area contributed by atoms with E-state index in [0.717, 1.165) is 6.20 Å². The summed E-state index contributed by atoms with van der Waals surface area (Å²) in [5.74, 6) is -0.345. The van der Waals surface area contributed by atoms with E-state index in [4.69, 9.17) is 10.5 Å². The molecule has 1 heterocycles. The van der Waals surface area contributed by atoms with Gasteiger partial charge in [0.15, 0.2) is 6.61 Å².